The summed E-state index contributed by atoms with van der Waals surface area (Å²) in [4.78, 5) is 24.4. The molecular weight excluding hydrogens is 306 g/mol. The second-order valence-electron chi connectivity index (χ2n) is 6.65. The Labute approximate surface area is 141 Å². The molecule has 0 amide bonds. The van der Waals surface area contributed by atoms with Gasteiger partial charge in [-0.2, -0.15) is 0 Å². The minimum absolute atomic E-state index is 0.0112. The predicted octanol–water partition coefficient (Wildman–Crippen LogP) is 3.24. The molecule has 2 aliphatic rings. The van der Waals surface area contributed by atoms with Crippen LogP contribution in [0.2, 0.25) is 0 Å². The van der Waals surface area contributed by atoms with Crippen molar-refractivity contribution in [2.75, 3.05) is 0 Å². The maximum atomic E-state index is 12.9. The number of carbonyl (C=O) groups excluding carboxylic acids is 2. The first-order valence-corrected chi connectivity index (χ1v) is 8.51. The SMILES string of the molecule is CCC(C1=C(NO)OC2(CCC(=O)CC2)CC1=O)c1ccccc1. The number of ketones is 2. The zero-order chi connectivity index (χ0) is 17.2. The number of hydroxylamine groups is 1. The Morgan fingerprint density at radius 3 is 2.46 bits per heavy atom. The summed E-state index contributed by atoms with van der Waals surface area (Å²) in [6.45, 7) is 2.01. The molecule has 24 heavy (non-hydrogen) atoms. The lowest BCUT2D eigenvalue weighted by molar-refractivity contribution is -0.139. The Hall–Kier alpha value is -2.14. The van der Waals surface area contributed by atoms with E-state index in [0.717, 1.165) is 12.0 Å². The molecule has 0 aromatic heterocycles. The van der Waals surface area contributed by atoms with E-state index in [2.05, 4.69) is 5.48 Å². The van der Waals surface area contributed by atoms with E-state index in [1.54, 1.807) is 0 Å². The summed E-state index contributed by atoms with van der Waals surface area (Å²) in [6.07, 6.45) is 2.90. The first-order chi connectivity index (χ1) is 11.6. The molecule has 0 bridgehead atoms. The van der Waals surface area contributed by atoms with Crippen molar-refractivity contribution in [1.29, 1.82) is 0 Å². The van der Waals surface area contributed by atoms with Crippen molar-refractivity contribution in [3.63, 3.8) is 0 Å². The van der Waals surface area contributed by atoms with Gasteiger partial charge in [0.1, 0.15) is 11.4 Å². The van der Waals surface area contributed by atoms with Crippen LogP contribution in [0.5, 0.6) is 0 Å². The standard InChI is InChI=1S/C19H23NO4/c1-2-15(13-6-4-3-5-7-13)17-16(22)12-19(24-18(17)20-23)10-8-14(21)9-11-19/h3-7,15,20,23H,2,8-12H2,1H3. The topological polar surface area (TPSA) is 75.6 Å². The molecule has 0 radical (unpaired) electrons. The van der Waals surface area contributed by atoms with E-state index in [9.17, 15) is 14.8 Å². The summed E-state index contributed by atoms with van der Waals surface area (Å²) in [7, 11) is 0. The highest BCUT2D eigenvalue weighted by atomic mass is 16.6. The smallest absolute Gasteiger partial charge is 0.218 e. The fourth-order valence-corrected chi connectivity index (χ4v) is 3.81. The molecule has 1 saturated carbocycles. The van der Waals surface area contributed by atoms with Crippen molar-refractivity contribution < 1.29 is 19.5 Å². The summed E-state index contributed by atoms with van der Waals surface area (Å²) < 4.78 is 6.05. The Bertz CT molecular complexity index is 655. The average Bonchev–Trinajstić information content (AvgIpc) is 2.61. The van der Waals surface area contributed by atoms with E-state index < -0.39 is 5.60 Å². The summed E-state index contributed by atoms with van der Waals surface area (Å²) >= 11 is 0. The van der Waals surface area contributed by atoms with Gasteiger partial charge in [0.2, 0.25) is 5.88 Å². The maximum Gasteiger partial charge on any atom is 0.218 e. The van der Waals surface area contributed by atoms with Crippen molar-refractivity contribution in [1.82, 2.24) is 5.48 Å². The molecule has 5 heteroatoms. The molecule has 1 atom stereocenters. The molecule has 1 aliphatic carbocycles. The van der Waals surface area contributed by atoms with E-state index >= 15 is 0 Å². The highest BCUT2D eigenvalue weighted by Gasteiger charge is 2.45. The second-order valence-corrected chi connectivity index (χ2v) is 6.65. The van der Waals surface area contributed by atoms with Crippen molar-refractivity contribution in [3.8, 4) is 0 Å². The van der Waals surface area contributed by atoms with E-state index in [0.29, 0.717) is 31.3 Å². The normalized spacial score (nSPS) is 21.6. The molecule has 1 spiro atoms. The van der Waals surface area contributed by atoms with Crippen molar-refractivity contribution >= 4 is 11.6 Å². The van der Waals surface area contributed by atoms with Crippen LogP contribution in [0, 0.1) is 0 Å². The molecule has 5 nitrogen and oxygen atoms in total. The van der Waals surface area contributed by atoms with Crippen LogP contribution >= 0.6 is 0 Å². The lowest BCUT2D eigenvalue weighted by Gasteiger charge is -2.41. The van der Waals surface area contributed by atoms with Crippen molar-refractivity contribution in [3.05, 3.63) is 47.4 Å². The van der Waals surface area contributed by atoms with Gasteiger partial charge in [0.25, 0.3) is 0 Å². The third kappa shape index (κ3) is 3.08. The minimum Gasteiger partial charge on any atom is -0.470 e. The van der Waals surface area contributed by atoms with Gasteiger partial charge in [-0.15, -0.1) is 0 Å². The van der Waals surface area contributed by atoms with E-state index in [4.69, 9.17) is 4.74 Å². The molecule has 3 rings (SSSR count). The first kappa shape index (κ1) is 16.7. The fraction of sp³-hybridized carbons (Fsp3) is 0.474. The third-order valence-electron chi connectivity index (χ3n) is 5.13. The maximum absolute atomic E-state index is 12.9. The van der Waals surface area contributed by atoms with Crippen LogP contribution in [-0.2, 0) is 14.3 Å². The number of hydrogen-bond donors (Lipinski definition) is 2. The van der Waals surface area contributed by atoms with Crippen LogP contribution in [0.3, 0.4) is 0 Å². The fourth-order valence-electron chi connectivity index (χ4n) is 3.81. The van der Waals surface area contributed by atoms with Crippen LogP contribution in [0.15, 0.2) is 41.8 Å². The van der Waals surface area contributed by atoms with Gasteiger partial charge in [-0.25, -0.2) is 5.48 Å². The number of carbonyl (C=O) groups is 2. The largest absolute Gasteiger partial charge is 0.470 e. The minimum atomic E-state index is -0.658. The highest BCUT2D eigenvalue weighted by Crippen LogP contribution is 2.43. The molecule has 1 fully saturated rings. The Morgan fingerprint density at radius 2 is 1.88 bits per heavy atom. The van der Waals surface area contributed by atoms with Crippen LogP contribution in [0.1, 0.15) is 56.9 Å². The van der Waals surface area contributed by atoms with Crippen LogP contribution in [0.25, 0.3) is 0 Å². The number of hydrogen-bond acceptors (Lipinski definition) is 5. The molecule has 1 aromatic rings. The van der Waals surface area contributed by atoms with Gasteiger partial charge >= 0.3 is 0 Å². The van der Waals surface area contributed by atoms with E-state index in [1.807, 2.05) is 37.3 Å². The van der Waals surface area contributed by atoms with E-state index in [1.165, 1.54) is 0 Å². The third-order valence-corrected chi connectivity index (χ3v) is 5.13. The van der Waals surface area contributed by atoms with Gasteiger partial charge in [-0.05, 0) is 24.8 Å². The highest BCUT2D eigenvalue weighted by molar-refractivity contribution is 5.99. The van der Waals surface area contributed by atoms with Gasteiger partial charge in [0.15, 0.2) is 5.78 Å². The number of nitrogens with one attached hydrogen (secondary N) is 1. The summed E-state index contributed by atoms with van der Waals surface area (Å²) in [5, 5.41) is 9.58. The summed E-state index contributed by atoms with van der Waals surface area (Å²) in [5.41, 5.74) is 2.96. The number of rotatable bonds is 4. The molecule has 0 saturated heterocycles. The van der Waals surface area contributed by atoms with Gasteiger partial charge in [-0.1, -0.05) is 37.3 Å². The van der Waals surface area contributed by atoms with Gasteiger partial charge in [0.05, 0.1) is 12.0 Å². The summed E-state index contributed by atoms with van der Waals surface area (Å²) in [6, 6.07) is 9.77. The lowest BCUT2D eigenvalue weighted by atomic mass is 9.75. The van der Waals surface area contributed by atoms with E-state index in [-0.39, 0.29) is 29.8 Å². The number of benzene rings is 1. The van der Waals surface area contributed by atoms with Crippen LogP contribution < -0.4 is 5.48 Å². The van der Waals surface area contributed by atoms with Crippen molar-refractivity contribution in [2.45, 2.75) is 57.0 Å². The molecule has 1 unspecified atom stereocenters. The lowest BCUT2D eigenvalue weighted by Crippen LogP contribution is -2.45. The van der Waals surface area contributed by atoms with Gasteiger partial charge in [0, 0.05) is 18.8 Å². The molecule has 1 aliphatic heterocycles. The predicted molar refractivity (Wildman–Crippen MR) is 88.3 cm³/mol. The number of Topliss-reactive ketones (excluding diaryl/α,β-unsaturated/α-hetero) is 2. The zero-order valence-corrected chi connectivity index (χ0v) is 13.9. The average molecular weight is 329 g/mol. The zero-order valence-electron chi connectivity index (χ0n) is 13.9. The quantitative estimate of drug-likeness (QED) is 0.829. The molecule has 2 N–H and O–H groups in total. The summed E-state index contributed by atoms with van der Waals surface area (Å²) in [5.74, 6) is 0.218. The van der Waals surface area contributed by atoms with Gasteiger partial charge < -0.3 is 4.74 Å². The monoisotopic (exact) mass is 329 g/mol. The van der Waals surface area contributed by atoms with Crippen LogP contribution in [0.4, 0.5) is 0 Å². The molecule has 128 valence electrons. The number of ether oxygens (including phenoxy) is 1. The molecule has 1 aromatic carbocycles. The Morgan fingerprint density at radius 1 is 1.21 bits per heavy atom. The van der Waals surface area contributed by atoms with Gasteiger partial charge in [-0.3, -0.25) is 14.8 Å². The first-order valence-electron chi connectivity index (χ1n) is 8.51. The Balaban J connectivity index is 1.95. The molecule has 1 heterocycles. The second kappa shape index (κ2) is 6.77. The molecular formula is C19H23NO4. The van der Waals surface area contributed by atoms with Crippen molar-refractivity contribution in [2.24, 2.45) is 0 Å². The Kier molecular flexibility index (Phi) is 4.71. The van der Waals surface area contributed by atoms with Crippen LogP contribution in [-0.4, -0.2) is 22.4 Å². The number of allylic oxidation sites excluding steroid dienone is 1.